The Bertz CT molecular complexity index is 797. The van der Waals surface area contributed by atoms with E-state index in [1.165, 1.54) is 0 Å². The number of rotatable bonds is 3. The van der Waals surface area contributed by atoms with Crippen LogP contribution in [0.1, 0.15) is 21.6 Å². The molecule has 1 aromatic heterocycles. The molecule has 1 heterocycles. The molecule has 0 spiro atoms. The average molecular weight is 365 g/mol. The maximum atomic E-state index is 13.1. The highest BCUT2D eigenvalue weighted by molar-refractivity contribution is 5.91. The van der Waals surface area contributed by atoms with Crippen molar-refractivity contribution in [1.29, 1.82) is 0 Å². The zero-order valence-electron chi connectivity index (χ0n) is 12.4. The highest BCUT2D eigenvalue weighted by Crippen LogP contribution is 2.36. The normalized spacial score (nSPS) is 12.1. The molecule has 0 fully saturated rings. The summed E-state index contributed by atoms with van der Waals surface area (Å²) in [6, 6.07) is 4.54. The summed E-state index contributed by atoms with van der Waals surface area (Å²) < 4.78 is 79.3. The summed E-state index contributed by atoms with van der Waals surface area (Å²) in [5, 5.41) is 8.95. The van der Waals surface area contributed by atoms with Gasteiger partial charge in [0.05, 0.1) is 22.5 Å². The first-order chi connectivity index (χ1) is 11.4. The van der Waals surface area contributed by atoms with Crippen LogP contribution >= 0.6 is 0 Å². The molecular weight excluding hydrogens is 356 g/mol. The van der Waals surface area contributed by atoms with Crippen molar-refractivity contribution in [3.63, 3.8) is 0 Å². The fraction of sp³-hybridized carbons (Fsp3) is 0.200. The number of hydrogen-bond donors (Lipinski definition) is 1. The average Bonchev–Trinajstić information content (AvgIpc) is 2.44. The molecule has 0 aliphatic rings. The number of carboxylic acid groups (broad SMARTS) is 1. The molecule has 0 atom stereocenters. The number of aromatic carboxylic acids is 1. The van der Waals surface area contributed by atoms with E-state index in [1.807, 2.05) is 0 Å². The van der Waals surface area contributed by atoms with Gasteiger partial charge in [0.1, 0.15) is 5.75 Å². The fourth-order valence-corrected chi connectivity index (χ4v) is 2.14. The predicted molar refractivity (Wildman–Crippen MR) is 73.1 cm³/mol. The summed E-state index contributed by atoms with van der Waals surface area (Å²) in [7, 11) is 0. The van der Waals surface area contributed by atoms with Gasteiger partial charge in [-0.05, 0) is 37.3 Å². The lowest BCUT2D eigenvalue weighted by Crippen LogP contribution is -2.17. The van der Waals surface area contributed by atoms with E-state index in [4.69, 9.17) is 5.11 Å². The second-order valence-electron chi connectivity index (χ2n) is 4.89. The molecule has 0 aliphatic heterocycles. The minimum Gasteiger partial charge on any atom is -0.478 e. The molecular formula is C15H9F6NO3. The molecule has 0 radical (unpaired) electrons. The number of carboxylic acids is 1. The van der Waals surface area contributed by atoms with Gasteiger partial charge in [-0.15, -0.1) is 13.2 Å². The lowest BCUT2D eigenvalue weighted by atomic mass is 10.0. The largest absolute Gasteiger partial charge is 0.573 e. The molecule has 0 amide bonds. The molecule has 2 aromatic rings. The lowest BCUT2D eigenvalue weighted by molar-refractivity contribution is -0.274. The third-order valence-corrected chi connectivity index (χ3v) is 3.10. The van der Waals surface area contributed by atoms with Gasteiger partial charge in [-0.25, -0.2) is 4.79 Å². The number of ether oxygens (including phenoxy) is 1. The monoisotopic (exact) mass is 365 g/mol. The Morgan fingerprint density at radius 3 is 2.08 bits per heavy atom. The summed E-state index contributed by atoms with van der Waals surface area (Å²) in [4.78, 5) is 14.9. The molecule has 4 nitrogen and oxygen atoms in total. The summed E-state index contributed by atoms with van der Waals surface area (Å²) in [6.07, 6.45) is -9.83. The van der Waals surface area contributed by atoms with E-state index in [9.17, 15) is 31.1 Å². The number of benzene rings is 1. The second kappa shape index (κ2) is 6.26. The predicted octanol–water partition coefficient (Wildman–Crippen LogP) is 4.67. The van der Waals surface area contributed by atoms with Crippen LogP contribution in [0.4, 0.5) is 26.3 Å². The van der Waals surface area contributed by atoms with Crippen LogP contribution in [0.3, 0.4) is 0 Å². The Hall–Kier alpha value is -2.78. The first-order valence-corrected chi connectivity index (χ1v) is 6.57. The minimum atomic E-state index is -4.94. The molecule has 0 saturated heterocycles. The van der Waals surface area contributed by atoms with Crippen molar-refractivity contribution in [2.75, 3.05) is 0 Å². The van der Waals surface area contributed by atoms with Crippen molar-refractivity contribution in [1.82, 2.24) is 4.98 Å². The number of hydrogen-bond acceptors (Lipinski definition) is 3. The lowest BCUT2D eigenvalue weighted by Gasteiger charge is -2.14. The Labute approximate surface area is 136 Å². The Balaban J connectivity index is 2.50. The summed E-state index contributed by atoms with van der Waals surface area (Å²) in [5.74, 6) is -2.33. The number of aromatic nitrogens is 1. The van der Waals surface area contributed by atoms with Crippen LogP contribution in [0.15, 0.2) is 30.3 Å². The van der Waals surface area contributed by atoms with Crippen LogP contribution in [0.5, 0.6) is 5.75 Å². The number of aryl methyl sites for hydroxylation is 1. The van der Waals surface area contributed by atoms with Crippen molar-refractivity contribution in [2.24, 2.45) is 0 Å². The SMILES string of the molecule is Cc1nc(-c2ccc(OC(F)(F)F)cc2)cc(C(F)(F)F)c1C(=O)O. The van der Waals surface area contributed by atoms with Gasteiger partial charge in [-0.2, -0.15) is 13.2 Å². The van der Waals surface area contributed by atoms with Gasteiger partial charge in [-0.3, -0.25) is 4.98 Å². The van der Waals surface area contributed by atoms with Crippen LogP contribution < -0.4 is 4.74 Å². The number of alkyl halides is 6. The van der Waals surface area contributed by atoms with Crippen LogP contribution in [-0.2, 0) is 6.18 Å². The molecule has 25 heavy (non-hydrogen) atoms. The molecule has 0 unspecified atom stereocenters. The van der Waals surface area contributed by atoms with Crippen molar-refractivity contribution >= 4 is 5.97 Å². The maximum Gasteiger partial charge on any atom is 0.573 e. The molecule has 10 heteroatoms. The van der Waals surface area contributed by atoms with E-state index >= 15 is 0 Å². The first kappa shape index (κ1) is 18.6. The minimum absolute atomic E-state index is 0.0695. The van der Waals surface area contributed by atoms with E-state index in [0.29, 0.717) is 6.07 Å². The Kier molecular flexibility index (Phi) is 4.65. The quantitative estimate of drug-likeness (QED) is 0.803. The second-order valence-corrected chi connectivity index (χ2v) is 4.89. The van der Waals surface area contributed by atoms with Crippen molar-refractivity contribution in [2.45, 2.75) is 19.5 Å². The number of halogens is 6. The smallest absolute Gasteiger partial charge is 0.478 e. The van der Waals surface area contributed by atoms with Gasteiger partial charge in [0.15, 0.2) is 0 Å². The highest BCUT2D eigenvalue weighted by atomic mass is 19.4. The summed E-state index contributed by atoms with van der Waals surface area (Å²) in [5.41, 5.74) is -2.90. The van der Waals surface area contributed by atoms with Crippen molar-refractivity contribution in [3.05, 3.63) is 47.2 Å². The van der Waals surface area contributed by atoms with E-state index in [2.05, 4.69) is 9.72 Å². The molecule has 0 bridgehead atoms. The number of pyridine rings is 1. The van der Waals surface area contributed by atoms with Crippen LogP contribution in [0.25, 0.3) is 11.3 Å². The van der Waals surface area contributed by atoms with E-state index in [0.717, 1.165) is 31.2 Å². The highest BCUT2D eigenvalue weighted by Gasteiger charge is 2.37. The molecule has 2 rings (SSSR count). The summed E-state index contributed by atoms with van der Waals surface area (Å²) >= 11 is 0. The van der Waals surface area contributed by atoms with E-state index in [-0.39, 0.29) is 17.0 Å². The fourth-order valence-electron chi connectivity index (χ4n) is 2.14. The number of carbonyl (C=O) groups is 1. The van der Waals surface area contributed by atoms with Gasteiger partial charge in [0.25, 0.3) is 0 Å². The van der Waals surface area contributed by atoms with Crippen LogP contribution in [0, 0.1) is 6.92 Å². The first-order valence-electron chi connectivity index (χ1n) is 6.57. The molecule has 0 saturated carbocycles. The standard InChI is InChI=1S/C15H9F6NO3/c1-7-12(13(23)24)10(14(16,17)18)6-11(22-7)8-2-4-9(5-3-8)25-15(19,20)21/h2-6H,1H3,(H,23,24). The molecule has 134 valence electrons. The van der Waals surface area contributed by atoms with Gasteiger partial charge in [-0.1, -0.05) is 0 Å². The third kappa shape index (κ3) is 4.40. The molecule has 0 aliphatic carbocycles. The maximum absolute atomic E-state index is 13.1. The zero-order chi connectivity index (χ0) is 19.0. The Morgan fingerprint density at radius 2 is 1.64 bits per heavy atom. The van der Waals surface area contributed by atoms with Crippen molar-refractivity contribution < 1.29 is 41.0 Å². The topological polar surface area (TPSA) is 59.4 Å². The zero-order valence-corrected chi connectivity index (χ0v) is 12.4. The van der Waals surface area contributed by atoms with Gasteiger partial charge in [0, 0.05) is 5.56 Å². The molecule has 1 N–H and O–H groups in total. The van der Waals surface area contributed by atoms with Crippen molar-refractivity contribution in [3.8, 4) is 17.0 Å². The Morgan fingerprint density at radius 1 is 1.08 bits per heavy atom. The molecule has 1 aromatic carbocycles. The van der Waals surface area contributed by atoms with E-state index < -0.39 is 35.4 Å². The number of nitrogens with zero attached hydrogens (tertiary/aromatic N) is 1. The third-order valence-electron chi connectivity index (χ3n) is 3.10. The van der Waals surface area contributed by atoms with Gasteiger partial charge < -0.3 is 9.84 Å². The van der Waals surface area contributed by atoms with Crippen LogP contribution in [0.2, 0.25) is 0 Å². The van der Waals surface area contributed by atoms with E-state index in [1.54, 1.807) is 0 Å². The van der Waals surface area contributed by atoms with Gasteiger partial charge in [0.2, 0.25) is 0 Å². The summed E-state index contributed by atoms with van der Waals surface area (Å²) in [6.45, 7) is 1.10. The van der Waals surface area contributed by atoms with Gasteiger partial charge >= 0.3 is 18.5 Å². The van der Waals surface area contributed by atoms with Crippen LogP contribution in [-0.4, -0.2) is 22.4 Å².